The van der Waals surface area contributed by atoms with Gasteiger partial charge in [0.25, 0.3) is 0 Å². The molecule has 2 aliphatic heterocycles. The second-order valence-corrected chi connectivity index (χ2v) is 11.2. The smallest absolute Gasteiger partial charge is 0.245 e. The van der Waals surface area contributed by atoms with Gasteiger partial charge in [-0.2, -0.15) is 5.10 Å². The molecule has 0 unspecified atom stereocenters. The van der Waals surface area contributed by atoms with Crippen LogP contribution >= 0.6 is 0 Å². The zero-order valence-electron chi connectivity index (χ0n) is 24.4. The van der Waals surface area contributed by atoms with Crippen LogP contribution in [0.1, 0.15) is 64.7 Å². The molecular weight excluding hydrogens is 540 g/mol. The third-order valence-corrected chi connectivity index (χ3v) is 7.27. The molecule has 2 aromatic rings. The van der Waals surface area contributed by atoms with Crippen molar-refractivity contribution in [3.8, 4) is 11.4 Å². The molecular formula is C29H40N8O5. The van der Waals surface area contributed by atoms with Crippen LogP contribution in [0.3, 0.4) is 0 Å². The lowest BCUT2D eigenvalue weighted by molar-refractivity contribution is -0.135. The van der Waals surface area contributed by atoms with Gasteiger partial charge in [0.2, 0.25) is 29.5 Å². The lowest BCUT2D eigenvalue weighted by Crippen LogP contribution is -2.48. The first-order valence-electron chi connectivity index (χ1n) is 14.6. The minimum atomic E-state index is -0.768. The van der Waals surface area contributed by atoms with Gasteiger partial charge >= 0.3 is 0 Å². The molecule has 0 spiro atoms. The molecule has 13 nitrogen and oxygen atoms in total. The molecule has 0 aliphatic carbocycles. The fraction of sp³-hybridized carbons (Fsp3) is 0.552. The molecule has 3 atom stereocenters. The maximum atomic E-state index is 13.4. The van der Waals surface area contributed by atoms with E-state index in [0.717, 1.165) is 5.56 Å². The number of hydrogen-bond donors (Lipinski definition) is 4. The molecule has 4 N–H and O–H groups in total. The monoisotopic (exact) mass is 580 g/mol. The number of carbonyl (C=O) groups is 5. The summed E-state index contributed by atoms with van der Waals surface area (Å²) in [6.07, 6.45) is 1.59. The van der Waals surface area contributed by atoms with Gasteiger partial charge in [-0.15, -0.1) is 0 Å². The van der Waals surface area contributed by atoms with Gasteiger partial charge in [0.05, 0.1) is 6.04 Å². The van der Waals surface area contributed by atoms with Crippen molar-refractivity contribution in [3.05, 3.63) is 36.2 Å². The normalized spacial score (nSPS) is 23.0. The summed E-state index contributed by atoms with van der Waals surface area (Å²) in [5, 5.41) is 15.9. The molecule has 1 saturated heterocycles. The molecule has 226 valence electrons. The van der Waals surface area contributed by atoms with E-state index >= 15 is 0 Å². The topological polar surface area (TPSA) is 167 Å². The Bertz CT molecular complexity index is 1290. The van der Waals surface area contributed by atoms with Crippen molar-refractivity contribution in [2.45, 2.75) is 77.5 Å². The Kier molecular flexibility index (Phi) is 10.3. The molecule has 1 aromatic carbocycles. The van der Waals surface area contributed by atoms with Crippen LogP contribution in [0, 0.1) is 5.92 Å². The number of aromatic nitrogens is 3. The second kappa shape index (κ2) is 14.1. The largest absolute Gasteiger partial charge is 0.353 e. The quantitative estimate of drug-likeness (QED) is 0.412. The SMILES string of the molecule is CC(C)C[C@H]1NC(=O)CCCN(C(=O)[C@H]2CCC(=O)N2)CCNC(=O)Cn2nc(-c3ccccc3)nc2[C@H](C)NC1=O. The highest BCUT2D eigenvalue weighted by atomic mass is 16.2. The van der Waals surface area contributed by atoms with Crippen molar-refractivity contribution < 1.29 is 24.0 Å². The summed E-state index contributed by atoms with van der Waals surface area (Å²) in [5.74, 6) is -0.461. The Morgan fingerprint density at radius 3 is 2.40 bits per heavy atom. The van der Waals surface area contributed by atoms with Gasteiger partial charge in [-0.05, 0) is 32.1 Å². The van der Waals surface area contributed by atoms with Crippen molar-refractivity contribution in [3.63, 3.8) is 0 Å². The van der Waals surface area contributed by atoms with E-state index in [2.05, 4.69) is 31.3 Å². The van der Waals surface area contributed by atoms with Gasteiger partial charge in [-0.3, -0.25) is 24.0 Å². The average Bonchev–Trinajstić information content (AvgIpc) is 3.57. The summed E-state index contributed by atoms with van der Waals surface area (Å²) < 4.78 is 1.47. The molecule has 1 aromatic heterocycles. The number of rotatable bonds is 4. The van der Waals surface area contributed by atoms with Gasteiger partial charge in [-0.25, -0.2) is 9.67 Å². The first-order valence-corrected chi connectivity index (χ1v) is 14.6. The predicted octanol–water partition coefficient (Wildman–Crippen LogP) is 0.670. The lowest BCUT2D eigenvalue weighted by atomic mass is 10.0. The Morgan fingerprint density at radius 2 is 1.71 bits per heavy atom. The van der Waals surface area contributed by atoms with Crippen molar-refractivity contribution in [2.75, 3.05) is 19.6 Å². The van der Waals surface area contributed by atoms with Gasteiger partial charge in [-0.1, -0.05) is 44.2 Å². The summed E-state index contributed by atoms with van der Waals surface area (Å²) in [7, 11) is 0. The molecule has 0 saturated carbocycles. The summed E-state index contributed by atoms with van der Waals surface area (Å²) >= 11 is 0. The van der Waals surface area contributed by atoms with E-state index in [0.29, 0.717) is 30.9 Å². The number of fused-ring (bicyclic) bond motifs is 1. The van der Waals surface area contributed by atoms with Crippen LogP contribution < -0.4 is 21.3 Å². The first kappa shape index (κ1) is 30.7. The number of benzene rings is 1. The second-order valence-electron chi connectivity index (χ2n) is 11.2. The number of carbonyl (C=O) groups excluding carboxylic acids is 5. The average molecular weight is 581 g/mol. The van der Waals surface area contributed by atoms with E-state index in [-0.39, 0.29) is 74.5 Å². The number of amides is 5. The molecule has 4 rings (SSSR count). The minimum absolute atomic E-state index is 0.110. The Morgan fingerprint density at radius 1 is 0.976 bits per heavy atom. The van der Waals surface area contributed by atoms with E-state index in [9.17, 15) is 24.0 Å². The van der Waals surface area contributed by atoms with Gasteiger partial charge in [0, 0.05) is 38.0 Å². The fourth-order valence-electron chi connectivity index (χ4n) is 5.15. The summed E-state index contributed by atoms with van der Waals surface area (Å²) in [6, 6.07) is 7.33. The van der Waals surface area contributed by atoms with E-state index in [1.807, 2.05) is 44.2 Å². The molecule has 0 bridgehead atoms. The number of hydrogen-bond acceptors (Lipinski definition) is 7. The van der Waals surface area contributed by atoms with E-state index in [1.165, 1.54) is 4.68 Å². The van der Waals surface area contributed by atoms with Crippen LogP contribution in [-0.4, -0.2) is 80.9 Å². The molecule has 2 aliphatic rings. The van der Waals surface area contributed by atoms with Crippen LogP contribution in [0.5, 0.6) is 0 Å². The fourth-order valence-corrected chi connectivity index (χ4v) is 5.15. The third kappa shape index (κ3) is 8.14. The lowest BCUT2D eigenvalue weighted by Gasteiger charge is -2.26. The maximum Gasteiger partial charge on any atom is 0.245 e. The van der Waals surface area contributed by atoms with Gasteiger partial charge in [0.1, 0.15) is 24.5 Å². The number of nitrogens with one attached hydrogen (secondary N) is 4. The molecule has 13 heteroatoms. The molecule has 42 heavy (non-hydrogen) atoms. The summed E-state index contributed by atoms with van der Waals surface area (Å²) in [6.45, 7) is 6.21. The van der Waals surface area contributed by atoms with Crippen molar-refractivity contribution in [2.24, 2.45) is 5.92 Å². The highest BCUT2D eigenvalue weighted by Crippen LogP contribution is 2.19. The number of nitrogens with zero attached hydrogens (tertiary/aromatic N) is 4. The van der Waals surface area contributed by atoms with Crippen molar-refractivity contribution in [1.29, 1.82) is 0 Å². The first-order chi connectivity index (χ1) is 20.1. The maximum absolute atomic E-state index is 13.4. The third-order valence-electron chi connectivity index (χ3n) is 7.27. The standard InChI is InChI=1S/C29H40N8O5/c1-18(2)16-22-28(41)31-19(3)27-34-26(20-8-5-4-6-9-20)35-37(27)17-25(40)30-13-15-36(14-7-10-23(38)33-22)29(42)21-11-12-24(39)32-21/h4-6,8-9,18-19,21-22H,7,10-17H2,1-3H3,(H,30,40)(H,31,41)(H,32,39)(H,33,38)/t19-,21+,22+/m0/s1. The highest BCUT2D eigenvalue weighted by Gasteiger charge is 2.31. The van der Waals surface area contributed by atoms with E-state index in [1.54, 1.807) is 11.8 Å². The molecule has 1 fully saturated rings. The Hall–Kier alpha value is -4.29. The van der Waals surface area contributed by atoms with Crippen LogP contribution in [-0.2, 0) is 30.5 Å². The Labute approximate surface area is 245 Å². The molecule has 0 radical (unpaired) electrons. The van der Waals surface area contributed by atoms with Crippen molar-refractivity contribution in [1.82, 2.24) is 40.9 Å². The van der Waals surface area contributed by atoms with Crippen LogP contribution in [0.15, 0.2) is 30.3 Å². The zero-order valence-corrected chi connectivity index (χ0v) is 24.4. The Balaban J connectivity index is 1.59. The van der Waals surface area contributed by atoms with Crippen LogP contribution in [0.2, 0.25) is 0 Å². The zero-order chi connectivity index (χ0) is 30.2. The highest BCUT2D eigenvalue weighted by molar-refractivity contribution is 5.91. The van der Waals surface area contributed by atoms with E-state index < -0.39 is 18.1 Å². The summed E-state index contributed by atoms with van der Waals surface area (Å²) in [4.78, 5) is 70.4. The minimum Gasteiger partial charge on any atom is -0.353 e. The van der Waals surface area contributed by atoms with Gasteiger partial charge < -0.3 is 26.2 Å². The molecule has 3 heterocycles. The summed E-state index contributed by atoms with van der Waals surface area (Å²) in [5.41, 5.74) is 0.761. The van der Waals surface area contributed by atoms with Crippen molar-refractivity contribution >= 4 is 29.5 Å². The van der Waals surface area contributed by atoms with E-state index in [4.69, 9.17) is 0 Å². The van der Waals surface area contributed by atoms with Crippen LogP contribution in [0.4, 0.5) is 0 Å². The predicted molar refractivity (Wildman–Crippen MR) is 153 cm³/mol. The molecule has 5 amide bonds. The van der Waals surface area contributed by atoms with Crippen LogP contribution in [0.25, 0.3) is 11.4 Å². The van der Waals surface area contributed by atoms with Gasteiger partial charge in [0.15, 0.2) is 5.82 Å².